The topological polar surface area (TPSA) is 26.0 Å². The van der Waals surface area contributed by atoms with Crippen LogP contribution in [0.25, 0.3) is 0 Å². The maximum absolute atomic E-state index is 6.03. The summed E-state index contributed by atoms with van der Waals surface area (Å²) in [4.78, 5) is 0. The molecule has 0 amide bonds. The molecule has 0 heterocycles. The number of rotatable bonds is 0. The Labute approximate surface area is 90.7 Å². The van der Waals surface area contributed by atoms with Gasteiger partial charge in [-0.05, 0) is 23.1 Å². The highest BCUT2D eigenvalue weighted by Gasteiger charge is 2.16. The molecule has 0 aromatic heterocycles. The number of anilines is 1. The van der Waals surface area contributed by atoms with Crippen LogP contribution in [-0.4, -0.2) is 0 Å². The van der Waals surface area contributed by atoms with Gasteiger partial charge < -0.3 is 5.73 Å². The lowest BCUT2D eigenvalue weighted by Crippen LogP contribution is -2.11. The molecule has 13 heavy (non-hydrogen) atoms. The summed E-state index contributed by atoms with van der Waals surface area (Å²) in [6.07, 6.45) is 0. The second-order valence-corrected chi connectivity index (χ2v) is 4.40. The molecular formula is C10H15Cl2N. The second-order valence-electron chi connectivity index (χ2n) is 3.99. The number of hydrogen-bond donors (Lipinski definition) is 1. The molecule has 0 fully saturated rings. The zero-order valence-electron chi connectivity index (χ0n) is 8.10. The van der Waals surface area contributed by atoms with E-state index in [0.29, 0.717) is 5.69 Å². The highest BCUT2D eigenvalue weighted by Crippen LogP contribution is 2.30. The van der Waals surface area contributed by atoms with Gasteiger partial charge in [0.25, 0.3) is 0 Å². The summed E-state index contributed by atoms with van der Waals surface area (Å²) >= 11 is 6.03. The van der Waals surface area contributed by atoms with Crippen LogP contribution in [0.2, 0.25) is 5.02 Å². The van der Waals surface area contributed by atoms with Crippen molar-refractivity contribution in [3.05, 3.63) is 28.8 Å². The van der Waals surface area contributed by atoms with Gasteiger partial charge in [0.15, 0.2) is 0 Å². The Morgan fingerprint density at radius 3 is 2.15 bits per heavy atom. The Hall–Kier alpha value is -0.400. The molecule has 0 spiro atoms. The average Bonchev–Trinajstić information content (AvgIpc) is 1.83. The zero-order chi connectivity index (χ0) is 9.35. The lowest BCUT2D eigenvalue weighted by atomic mass is 9.87. The minimum absolute atomic E-state index is 0. The summed E-state index contributed by atoms with van der Waals surface area (Å²) in [5, 5.41) is 0.752. The standard InChI is InChI=1S/C10H14ClN.ClH/c1-10(2,3)8-5-4-7(12)6-9(8)11;/h4-6H,12H2,1-3H3;1H. The number of benzene rings is 1. The molecule has 3 heteroatoms. The Kier molecular flexibility index (Phi) is 4.08. The Balaban J connectivity index is 0.00000144. The van der Waals surface area contributed by atoms with Crippen molar-refractivity contribution >= 4 is 29.7 Å². The Bertz CT molecular complexity index is 289. The summed E-state index contributed by atoms with van der Waals surface area (Å²) < 4.78 is 0. The van der Waals surface area contributed by atoms with Crippen molar-refractivity contribution < 1.29 is 0 Å². The van der Waals surface area contributed by atoms with Crippen LogP contribution in [0.4, 0.5) is 5.69 Å². The highest BCUT2D eigenvalue weighted by molar-refractivity contribution is 6.31. The van der Waals surface area contributed by atoms with Gasteiger partial charge in [0.2, 0.25) is 0 Å². The zero-order valence-corrected chi connectivity index (χ0v) is 9.67. The van der Waals surface area contributed by atoms with Crippen LogP contribution in [0.15, 0.2) is 18.2 Å². The third-order valence-corrected chi connectivity index (χ3v) is 2.11. The molecule has 0 bridgehead atoms. The van der Waals surface area contributed by atoms with Crippen LogP contribution in [-0.2, 0) is 5.41 Å². The van der Waals surface area contributed by atoms with Crippen molar-refractivity contribution in [1.29, 1.82) is 0 Å². The number of halogens is 2. The van der Waals surface area contributed by atoms with E-state index in [9.17, 15) is 0 Å². The molecule has 74 valence electrons. The monoisotopic (exact) mass is 219 g/mol. The number of nitrogens with two attached hydrogens (primary N) is 1. The first kappa shape index (κ1) is 12.6. The van der Waals surface area contributed by atoms with E-state index in [0.717, 1.165) is 10.6 Å². The SMILES string of the molecule is CC(C)(C)c1ccc(N)cc1Cl.Cl. The van der Waals surface area contributed by atoms with Crippen LogP contribution < -0.4 is 5.73 Å². The van der Waals surface area contributed by atoms with Gasteiger partial charge in [-0.1, -0.05) is 38.4 Å². The van der Waals surface area contributed by atoms with Gasteiger partial charge >= 0.3 is 0 Å². The normalized spacial score (nSPS) is 10.8. The maximum Gasteiger partial charge on any atom is 0.0463 e. The highest BCUT2D eigenvalue weighted by atomic mass is 35.5. The van der Waals surface area contributed by atoms with E-state index < -0.39 is 0 Å². The van der Waals surface area contributed by atoms with Crippen LogP contribution in [0.5, 0.6) is 0 Å². The van der Waals surface area contributed by atoms with Crippen molar-refractivity contribution in [2.75, 3.05) is 5.73 Å². The molecule has 1 rings (SSSR count). The van der Waals surface area contributed by atoms with Crippen LogP contribution in [0, 0.1) is 0 Å². The molecule has 0 aliphatic rings. The molecule has 1 aromatic carbocycles. The quantitative estimate of drug-likeness (QED) is 0.663. The lowest BCUT2D eigenvalue weighted by Gasteiger charge is -2.20. The number of nitrogen functional groups attached to an aromatic ring is 1. The molecule has 0 radical (unpaired) electrons. The molecule has 2 N–H and O–H groups in total. The van der Waals surface area contributed by atoms with E-state index in [2.05, 4.69) is 20.8 Å². The van der Waals surface area contributed by atoms with Gasteiger partial charge in [0, 0.05) is 10.7 Å². The number of hydrogen-bond acceptors (Lipinski definition) is 1. The van der Waals surface area contributed by atoms with E-state index in [4.69, 9.17) is 17.3 Å². The van der Waals surface area contributed by atoms with E-state index in [1.807, 2.05) is 12.1 Å². The third-order valence-electron chi connectivity index (χ3n) is 1.80. The molecule has 0 unspecified atom stereocenters. The fourth-order valence-corrected chi connectivity index (χ4v) is 1.61. The Morgan fingerprint density at radius 2 is 1.77 bits per heavy atom. The first-order valence-electron chi connectivity index (χ1n) is 3.97. The first-order valence-corrected chi connectivity index (χ1v) is 4.34. The molecular weight excluding hydrogens is 205 g/mol. The summed E-state index contributed by atoms with van der Waals surface area (Å²) in [6, 6.07) is 5.66. The van der Waals surface area contributed by atoms with Crippen molar-refractivity contribution in [2.45, 2.75) is 26.2 Å². The van der Waals surface area contributed by atoms with Gasteiger partial charge in [-0.15, -0.1) is 12.4 Å². The smallest absolute Gasteiger partial charge is 0.0463 e. The first-order chi connectivity index (χ1) is 5.41. The predicted molar refractivity (Wildman–Crippen MR) is 61.8 cm³/mol. The van der Waals surface area contributed by atoms with E-state index in [-0.39, 0.29) is 17.8 Å². The van der Waals surface area contributed by atoms with Gasteiger partial charge in [-0.25, -0.2) is 0 Å². The van der Waals surface area contributed by atoms with E-state index in [1.54, 1.807) is 6.07 Å². The van der Waals surface area contributed by atoms with Crippen molar-refractivity contribution in [2.24, 2.45) is 0 Å². The predicted octanol–water partition coefficient (Wildman–Crippen LogP) is 3.64. The van der Waals surface area contributed by atoms with Gasteiger partial charge in [0.1, 0.15) is 0 Å². The molecule has 0 atom stereocenters. The van der Waals surface area contributed by atoms with E-state index >= 15 is 0 Å². The average molecular weight is 220 g/mol. The fraction of sp³-hybridized carbons (Fsp3) is 0.400. The summed E-state index contributed by atoms with van der Waals surface area (Å²) in [5.74, 6) is 0. The molecule has 0 saturated carbocycles. The Morgan fingerprint density at radius 1 is 1.23 bits per heavy atom. The van der Waals surface area contributed by atoms with Crippen LogP contribution >= 0.6 is 24.0 Å². The summed E-state index contributed by atoms with van der Waals surface area (Å²) in [6.45, 7) is 6.39. The van der Waals surface area contributed by atoms with Gasteiger partial charge in [-0.3, -0.25) is 0 Å². The minimum atomic E-state index is 0. The van der Waals surface area contributed by atoms with Gasteiger partial charge in [0.05, 0.1) is 0 Å². The molecule has 0 aliphatic carbocycles. The van der Waals surface area contributed by atoms with Gasteiger partial charge in [-0.2, -0.15) is 0 Å². The molecule has 0 aliphatic heterocycles. The van der Waals surface area contributed by atoms with E-state index in [1.165, 1.54) is 0 Å². The lowest BCUT2D eigenvalue weighted by molar-refractivity contribution is 0.590. The second kappa shape index (κ2) is 4.21. The summed E-state index contributed by atoms with van der Waals surface area (Å²) in [5.41, 5.74) is 7.53. The van der Waals surface area contributed by atoms with Crippen LogP contribution in [0.1, 0.15) is 26.3 Å². The van der Waals surface area contributed by atoms with Crippen LogP contribution in [0.3, 0.4) is 0 Å². The molecule has 0 saturated heterocycles. The maximum atomic E-state index is 6.03. The minimum Gasteiger partial charge on any atom is -0.399 e. The largest absolute Gasteiger partial charge is 0.399 e. The van der Waals surface area contributed by atoms with Crippen molar-refractivity contribution in [3.8, 4) is 0 Å². The van der Waals surface area contributed by atoms with Crippen molar-refractivity contribution in [1.82, 2.24) is 0 Å². The van der Waals surface area contributed by atoms with Crippen molar-refractivity contribution in [3.63, 3.8) is 0 Å². The summed E-state index contributed by atoms with van der Waals surface area (Å²) in [7, 11) is 0. The fourth-order valence-electron chi connectivity index (χ4n) is 1.14. The third kappa shape index (κ3) is 3.09. The molecule has 1 nitrogen and oxygen atoms in total. The molecule has 1 aromatic rings.